The van der Waals surface area contributed by atoms with Crippen LogP contribution in [0.15, 0.2) is 84.9 Å². The first-order valence-corrected chi connectivity index (χ1v) is 17.4. The van der Waals surface area contributed by atoms with Crippen LogP contribution in [0.25, 0.3) is 0 Å². The molecule has 2 amide bonds. The fourth-order valence-electron chi connectivity index (χ4n) is 6.90. The van der Waals surface area contributed by atoms with Gasteiger partial charge in [-0.25, -0.2) is 9.59 Å². The number of aryl methyl sites for hydroxylation is 2. The van der Waals surface area contributed by atoms with Crippen LogP contribution in [0.5, 0.6) is 11.5 Å². The normalized spacial score (nSPS) is 14.0. The molecule has 0 saturated heterocycles. The third-order valence-corrected chi connectivity index (χ3v) is 9.46. The molecule has 4 aromatic carbocycles. The molecule has 0 saturated carbocycles. The molecule has 0 spiro atoms. The van der Waals surface area contributed by atoms with E-state index in [2.05, 4.69) is 10.6 Å². The quantitative estimate of drug-likeness (QED) is 0.178. The number of carbonyl (C=O) groups is 4. The number of nitrogens with zero attached hydrogens (tertiary/aromatic N) is 2. The lowest BCUT2D eigenvalue weighted by Crippen LogP contribution is -2.56. The molecule has 0 radical (unpaired) electrons. The molecular formula is C42H40N4O8. The minimum atomic E-state index is -1.39. The number of carboxylic acid groups (broad SMARTS) is 1. The van der Waals surface area contributed by atoms with Crippen LogP contribution in [0.2, 0.25) is 0 Å². The lowest BCUT2D eigenvalue weighted by Gasteiger charge is -2.28. The maximum atomic E-state index is 13.1. The lowest BCUT2D eigenvalue weighted by atomic mass is 9.94. The predicted octanol–water partition coefficient (Wildman–Crippen LogP) is 4.98. The molecule has 0 atom stereocenters. The van der Waals surface area contributed by atoms with Gasteiger partial charge in [0.05, 0.1) is 17.7 Å². The van der Waals surface area contributed by atoms with E-state index in [0.717, 1.165) is 27.8 Å². The Morgan fingerprint density at radius 3 is 1.41 bits per heavy atom. The van der Waals surface area contributed by atoms with Crippen molar-refractivity contribution in [3.8, 4) is 23.6 Å². The fraction of sp³-hybridized carbons (Fsp3) is 0.286. The van der Waals surface area contributed by atoms with Crippen LogP contribution in [0.1, 0.15) is 61.0 Å². The standard InChI is InChI=1S/C22H22N2O4.C20H18N2O4/c1-3-27-21(26)22(13-16-8-4-5-9-17(16)14-22)24-20(25)18-10-6-7-15(2)19(18)28-12-11-23;1-13-5-4-8-16(17(13)26-10-9-21)18(23)22-20(19(24)25)11-14-6-2-3-7-15(14)12-20/h4-10H,3,12-14H2,1-2H3,(H,24,25);2-8H,10-12H2,1H3,(H,22,23)(H,24,25). The van der Waals surface area contributed by atoms with E-state index < -0.39 is 34.8 Å². The molecule has 2 aliphatic rings. The van der Waals surface area contributed by atoms with Gasteiger partial charge in [-0.3, -0.25) is 9.59 Å². The summed E-state index contributed by atoms with van der Waals surface area (Å²) in [4.78, 5) is 50.8. The SMILES string of the molecule is CCOC(=O)C1(NC(=O)c2cccc(C)c2OCC#N)Cc2ccccc2C1.Cc1cccc(C(=O)NC2(C(=O)O)Cc3ccccc3C2)c1OCC#N. The summed E-state index contributed by atoms with van der Waals surface area (Å²) in [7, 11) is 0. The molecular weight excluding hydrogens is 688 g/mol. The largest absolute Gasteiger partial charge is 0.479 e. The first-order valence-electron chi connectivity index (χ1n) is 17.4. The van der Waals surface area contributed by atoms with Gasteiger partial charge < -0.3 is 30.0 Å². The van der Waals surface area contributed by atoms with E-state index in [9.17, 15) is 24.3 Å². The molecule has 2 aliphatic carbocycles. The Hall–Kier alpha value is -6.66. The number of nitrogens with one attached hydrogen (secondary N) is 2. The first-order chi connectivity index (χ1) is 26.0. The maximum Gasteiger partial charge on any atom is 0.332 e. The van der Waals surface area contributed by atoms with Gasteiger partial charge in [-0.05, 0) is 66.3 Å². The van der Waals surface area contributed by atoms with Gasteiger partial charge in [0, 0.05) is 25.7 Å². The van der Waals surface area contributed by atoms with E-state index in [1.807, 2.05) is 60.7 Å². The molecule has 0 fully saturated rings. The number of nitriles is 2. The fourth-order valence-corrected chi connectivity index (χ4v) is 6.90. The highest BCUT2D eigenvalue weighted by Crippen LogP contribution is 2.34. The van der Waals surface area contributed by atoms with Crippen LogP contribution in [0, 0.1) is 36.5 Å². The molecule has 0 aliphatic heterocycles. The van der Waals surface area contributed by atoms with Crippen LogP contribution in [0.3, 0.4) is 0 Å². The topological polar surface area (TPSA) is 188 Å². The van der Waals surface area contributed by atoms with E-state index in [1.165, 1.54) is 0 Å². The summed E-state index contributed by atoms with van der Waals surface area (Å²) < 4.78 is 16.1. The minimum absolute atomic E-state index is 0.167. The van der Waals surface area contributed by atoms with Crippen LogP contribution in [0.4, 0.5) is 0 Å². The Morgan fingerprint density at radius 1 is 0.648 bits per heavy atom. The molecule has 0 bridgehead atoms. The summed E-state index contributed by atoms with van der Waals surface area (Å²) in [5, 5.41) is 33.0. The molecule has 3 N–H and O–H groups in total. The number of amides is 2. The van der Waals surface area contributed by atoms with Gasteiger partial charge in [-0.2, -0.15) is 10.5 Å². The number of hydrogen-bond donors (Lipinski definition) is 3. The van der Waals surface area contributed by atoms with Gasteiger partial charge in [0.15, 0.2) is 13.2 Å². The highest BCUT2D eigenvalue weighted by molar-refractivity contribution is 6.02. The van der Waals surface area contributed by atoms with Gasteiger partial charge in [0.2, 0.25) is 0 Å². The Balaban J connectivity index is 0.000000208. The van der Waals surface area contributed by atoms with Crippen molar-refractivity contribution in [2.45, 2.75) is 57.5 Å². The van der Waals surface area contributed by atoms with Crippen LogP contribution in [-0.2, 0) is 40.0 Å². The highest BCUT2D eigenvalue weighted by Gasteiger charge is 2.47. The highest BCUT2D eigenvalue weighted by atomic mass is 16.5. The Morgan fingerprint density at radius 2 is 1.04 bits per heavy atom. The zero-order chi connectivity index (χ0) is 38.9. The molecule has 12 nitrogen and oxygen atoms in total. The molecule has 6 rings (SSSR count). The Kier molecular flexibility index (Phi) is 12.0. The van der Waals surface area contributed by atoms with Crippen molar-refractivity contribution in [3.05, 3.63) is 129 Å². The van der Waals surface area contributed by atoms with Gasteiger partial charge in [0.25, 0.3) is 11.8 Å². The van der Waals surface area contributed by atoms with Gasteiger partial charge in [-0.1, -0.05) is 72.8 Å². The van der Waals surface area contributed by atoms with Crippen molar-refractivity contribution in [2.24, 2.45) is 0 Å². The number of carboxylic acids is 1. The molecule has 276 valence electrons. The van der Waals surface area contributed by atoms with Crippen molar-refractivity contribution in [2.75, 3.05) is 19.8 Å². The van der Waals surface area contributed by atoms with Crippen molar-refractivity contribution >= 4 is 23.8 Å². The van der Waals surface area contributed by atoms with E-state index in [0.29, 0.717) is 29.9 Å². The van der Waals surface area contributed by atoms with Crippen LogP contribution in [-0.4, -0.2) is 59.8 Å². The number of benzene rings is 4. The number of fused-ring (bicyclic) bond motifs is 2. The second-order valence-electron chi connectivity index (χ2n) is 13.1. The average Bonchev–Trinajstić information content (AvgIpc) is 3.73. The van der Waals surface area contributed by atoms with Crippen molar-refractivity contribution in [1.82, 2.24) is 10.6 Å². The van der Waals surface area contributed by atoms with Gasteiger partial charge in [-0.15, -0.1) is 0 Å². The summed E-state index contributed by atoms with van der Waals surface area (Å²) in [5.41, 5.74) is 3.26. The van der Waals surface area contributed by atoms with Gasteiger partial charge in [0.1, 0.15) is 34.7 Å². The minimum Gasteiger partial charge on any atom is -0.479 e. The molecule has 0 unspecified atom stereocenters. The molecule has 0 heterocycles. The second kappa shape index (κ2) is 16.8. The second-order valence-corrected chi connectivity index (χ2v) is 13.1. The maximum absolute atomic E-state index is 13.1. The Labute approximate surface area is 313 Å². The zero-order valence-corrected chi connectivity index (χ0v) is 30.2. The molecule has 54 heavy (non-hydrogen) atoms. The number of rotatable bonds is 11. The average molecular weight is 729 g/mol. The van der Waals surface area contributed by atoms with Crippen molar-refractivity contribution in [1.29, 1.82) is 10.5 Å². The zero-order valence-electron chi connectivity index (χ0n) is 30.2. The molecule has 4 aromatic rings. The summed E-state index contributed by atoms with van der Waals surface area (Å²) in [5.74, 6) is -1.85. The monoisotopic (exact) mass is 728 g/mol. The lowest BCUT2D eigenvalue weighted by molar-refractivity contribution is -0.150. The third kappa shape index (κ3) is 8.19. The molecule has 0 aromatic heterocycles. The summed E-state index contributed by atoms with van der Waals surface area (Å²) in [6.45, 7) is 5.18. The Bertz CT molecular complexity index is 2120. The third-order valence-electron chi connectivity index (χ3n) is 9.46. The summed E-state index contributed by atoms with van der Waals surface area (Å²) in [6, 6.07) is 29.2. The van der Waals surface area contributed by atoms with Gasteiger partial charge >= 0.3 is 11.9 Å². The smallest absolute Gasteiger partial charge is 0.332 e. The number of hydrogen-bond acceptors (Lipinski definition) is 9. The van der Waals surface area contributed by atoms with Crippen molar-refractivity contribution in [3.63, 3.8) is 0 Å². The van der Waals surface area contributed by atoms with E-state index in [4.69, 9.17) is 24.7 Å². The van der Waals surface area contributed by atoms with Crippen LogP contribution < -0.4 is 20.1 Å². The predicted molar refractivity (Wildman–Crippen MR) is 197 cm³/mol. The number of ether oxygens (including phenoxy) is 3. The summed E-state index contributed by atoms with van der Waals surface area (Å²) in [6.07, 6.45) is 1.19. The summed E-state index contributed by atoms with van der Waals surface area (Å²) >= 11 is 0. The first kappa shape index (κ1) is 38.6. The van der Waals surface area contributed by atoms with Crippen LogP contribution >= 0.6 is 0 Å². The van der Waals surface area contributed by atoms with E-state index in [-0.39, 0.29) is 43.8 Å². The number of aliphatic carboxylic acids is 1. The number of carbonyl (C=O) groups excluding carboxylic acids is 3. The molecule has 12 heteroatoms. The van der Waals surface area contributed by atoms with E-state index in [1.54, 1.807) is 57.2 Å². The van der Waals surface area contributed by atoms with Crippen molar-refractivity contribution < 1.29 is 38.5 Å². The van der Waals surface area contributed by atoms with E-state index >= 15 is 0 Å². The number of para-hydroxylation sites is 2. The number of esters is 1.